The molecule has 0 amide bonds. The molecular formula is C21H26ClN7O. The zero-order chi connectivity index (χ0) is 20.8. The van der Waals surface area contributed by atoms with E-state index in [0.29, 0.717) is 19.0 Å². The number of hydrogen-bond acceptors (Lipinski definition) is 5. The van der Waals surface area contributed by atoms with Gasteiger partial charge >= 0.3 is 0 Å². The molecule has 158 valence electrons. The zero-order valence-corrected chi connectivity index (χ0v) is 17.7. The standard InChI is InChI=1S/C21H26ClN7O/c1-23-21(25-15-20-27-26-19-8-4-5-9-29(19)20)24-14-18(28-10-12-30-13-11-28)16-6-2-3-7-17(16)22/h2-9,18H,10-15H2,1H3,(H2,23,24,25). The van der Waals surface area contributed by atoms with E-state index in [2.05, 4.69) is 36.8 Å². The topological polar surface area (TPSA) is 79.1 Å². The lowest BCUT2D eigenvalue weighted by Crippen LogP contribution is -2.46. The summed E-state index contributed by atoms with van der Waals surface area (Å²) >= 11 is 6.52. The van der Waals surface area contributed by atoms with Crippen LogP contribution >= 0.6 is 11.6 Å². The van der Waals surface area contributed by atoms with E-state index in [9.17, 15) is 0 Å². The summed E-state index contributed by atoms with van der Waals surface area (Å²) in [5.74, 6) is 1.53. The van der Waals surface area contributed by atoms with E-state index in [1.54, 1.807) is 7.05 Å². The van der Waals surface area contributed by atoms with Gasteiger partial charge in [0.25, 0.3) is 0 Å². The lowest BCUT2D eigenvalue weighted by atomic mass is 10.0. The first-order valence-corrected chi connectivity index (χ1v) is 10.4. The predicted molar refractivity (Wildman–Crippen MR) is 118 cm³/mol. The molecule has 0 bridgehead atoms. The van der Waals surface area contributed by atoms with Gasteiger partial charge in [-0.2, -0.15) is 0 Å². The fourth-order valence-corrected chi connectivity index (χ4v) is 3.92. The summed E-state index contributed by atoms with van der Waals surface area (Å²) in [6.45, 7) is 4.38. The molecule has 3 heterocycles. The average molecular weight is 428 g/mol. The Bertz CT molecular complexity index is 1000. The van der Waals surface area contributed by atoms with E-state index in [0.717, 1.165) is 48.4 Å². The summed E-state index contributed by atoms with van der Waals surface area (Å²) in [5.41, 5.74) is 1.93. The van der Waals surface area contributed by atoms with Gasteiger partial charge in [-0.15, -0.1) is 10.2 Å². The molecular weight excluding hydrogens is 402 g/mol. The van der Waals surface area contributed by atoms with Crippen LogP contribution < -0.4 is 10.6 Å². The molecule has 1 unspecified atom stereocenters. The summed E-state index contributed by atoms with van der Waals surface area (Å²) in [7, 11) is 1.76. The highest BCUT2D eigenvalue weighted by Gasteiger charge is 2.24. The van der Waals surface area contributed by atoms with Gasteiger partial charge in [0.15, 0.2) is 17.4 Å². The van der Waals surface area contributed by atoms with E-state index in [1.807, 2.05) is 47.0 Å². The Kier molecular flexibility index (Phi) is 6.78. The van der Waals surface area contributed by atoms with Crippen molar-refractivity contribution >= 4 is 23.2 Å². The molecule has 30 heavy (non-hydrogen) atoms. The van der Waals surface area contributed by atoms with Crippen LogP contribution in [0.15, 0.2) is 53.7 Å². The average Bonchev–Trinajstić information content (AvgIpc) is 3.21. The van der Waals surface area contributed by atoms with Crippen LogP contribution in [0.2, 0.25) is 5.02 Å². The molecule has 1 aliphatic rings. The summed E-state index contributed by atoms with van der Waals surface area (Å²) < 4.78 is 7.49. The molecule has 1 saturated heterocycles. The SMILES string of the molecule is CN=C(NCc1nnc2ccccn12)NCC(c1ccccc1Cl)N1CCOCC1. The number of morpholine rings is 1. The first-order valence-electron chi connectivity index (χ1n) is 10.1. The maximum atomic E-state index is 6.52. The minimum absolute atomic E-state index is 0.120. The Morgan fingerprint density at radius 3 is 2.73 bits per heavy atom. The lowest BCUT2D eigenvalue weighted by Gasteiger charge is -2.35. The number of nitrogens with zero attached hydrogens (tertiary/aromatic N) is 5. The van der Waals surface area contributed by atoms with Crippen molar-refractivity contribution in [3.05, 3.63) is 65.1 Å². The number of benzene rings is 1. The Hall–Kier alpha value is -2.68. The van der Waals surface area contributed by atoms with E-state index >= 15 is 0 Å². The molecule has 1 fully saturated rings. The predicted octanol–water partition coefficient (Wildman–Crippen LogP) is 2.12. The number of nitrogens with one attached hydrogen (secondary N) is 2. The van der Waals surface area contributed by atoms with Crippen LogP contribution in [-0.4, -0.2) is 65.4 Å². The van der Waals surface area contributed by atoms with E-state index in [-0.39, 0.29) is 6.04 Å². The molecule has 3 aromatic rings. The van der Waals surface area contributed by atoms with E-state index in [1.165, 1.54) is 0 Å². The number of pyridine rings is 1. The number of rotatable bonds is 6. The van der Waals surface area contributed by atoms with E-state index in [4.69, 9.17) is 16.3 Å². The zero-order valence-electron chi connectivity index (χ0n) is 17.0. The van der Waals surface area contributed by atoms with Gasteiger partial charge in [-0.3, -0.25) is 14.3 Å². The first-order chi connectivity index (χ1) is 14.8. The van der Waals surface area contributed by atoms with Crippen molar-refractivity contribution in [1.29, 1.82) is 0 Å². The van der Waals surface area contributed by atoms with Crippen LogP contribution in [0, 0.1) is 0 Å². The third-order valence-corrected chi connectivity index (χ3v) is 5.58. The first kappa shape index (κ1) is 20.6. The molecule has 4 rings (SSSR count). The van der Waals surface area contributed by atoms with Gasteiger partial charge < -0.3 is 15.4 Å². The molecule has 9 heteroatoms. The smallest absolute Gasteiger partial charge is 0.191 e. The molecule has 2 aromatic heterocycles. The summed E-state index contributed by atoms with van der Waals surface area (Å²) in [4.78, 5) is 6.76. The van der Waals surface area contributed by atoms with E-state index < -0.39 is 0 Å². The number of hydrogen-bond donors (Lipinski definition) is 2. The minimum Gasteiger partial charge on any atom is -0.379 e. The van der Waals surface area contributed by atoms with Crippen molar-refractivity contribution in [2.45, 2.75) is 12.6 Å². The molecule has 1 aliphatic heterocycles. The highest BCUT2D eigenvalue weighted by Crippen LogP contribution is 2.27. The molecule has 1 atom stereocenters. The second-order valence-corrected chi connectivity index (χ2v) is 7.44. The number of ether oxygens (including phenoxy) is 1. The second kappa shape index (κ2) is 9.88. The van der Waals surface area contributed by atoms with Gasteiger partial charge in [0.1, 0.15) is 0 Å². The molecule has 0 radical (unpaired) electrons. The fraction of sp³-hybridized carbons (Fsp3) is 0.381. The largest absolute Gasteiger partial charge is 0.379 e. The van der Waals surface area contributed by atoms with Gasteiger partial charge in [0, 0.05) is 37.9 Å². The summed E-state index contributed by atoms with van der Waals surface area (Å²) in [6, 6.07) is 14.0. The quantitative estimate of drug-likeness (QED) is 0.463. The Balaban J connectivity index is 1.43. The number of halogens is 1. The summed E-state index contributed by atoms with van der Waals surface area (Å²) in [6.07, 6.45) is 1.95. The molecule has 2 N–H and O–H groups in total. The lowest BCUT2D eigenvalue weighted by molar-refractivity contribution is 0.0170. The molecule has 0 aliphatic carbocycles. The number of aliphatic imine (C=N–C) groups is 1. The minimum atomic E-state index is 0.120. The molecule has 1 aromatic carbocycles. The Morgan fingerprint density at radius 2 is 1.93 bits per heavy atom. The van der Waals surface area contributed by atoms with Crippen molar-refractivity contribution in [3.63, 3.8) is 0 Å². The highest BCUT2D eigenvalue weighted by atomic mass is 35.5. The Morgan fingerprint density at radius 1 is 1.13 bits per heavy atom. The van der Waals surface area contributed by atoms with Crippen molar-refractivity contribution in [1.82, 2.24) is 30.1 Å². The van der Waals surface area contributed by atoms with Gasteiger partial charge in [-0.05, 0) is 23.8 Å². The van der Waals surface area contributed by atoms with Crippen LogP contribution in [0.3, 0.4) is 0 Å². The third kappa shape index (κ3) is 4.72. The second-order valence-electron chi connectivity index (χ2n) is 7.04. The highest BCUT2D eigenvalue weighted by molar-refractivity contribution is 6.31. The third-order valence-electron chi connectivity index (χ3n) is 5.24. The van der Waals surface area contributed by atoms with Crippen molar-refractivity contribution in [2.24, 2.45) is 4.99 Å². The maximum absolute atomic E-state index is 6.52. The number of aromatic nitrogens is 3. The van der Waals surface area contributed by atoms with Gasteiger partial charge in [-0.1, -0.05) is 35.9 Å². The van der Waals surface area contributed by atoms with Gasteiger partial charge in [0.2, 0.25) is 0 Å². The van der Waals surface area contributed by atoms with Crippen molar-refractivity contribution in [2.75, 3.05) is 39.9 Å². The monoisotopic (exact) mass is 427 g/mol. The van der Waals surface area contributed by atoms with Crippen LogP contribution in [0.5, 0.6) is 0 Å². The van der Waals surface area contributed by atoms with Crippen LogP contribution in [0.1, 0.15) is 17.4 Å². The van der Waals surface area contributed by atoms with Crippen LogP contribution in [0.4, 0.5) is 0 Å². The molecule has 8 nitrogen and oxygen atoms in total. The van der Waals surface area contributed by atoms with Gasteiger partial charge in [-0.25, -0.2) is 0 Å². The van der Waals surface area contributed by atoms with Crippen LogP contribution in [0.25, 0.3) is 5.65 Å². The van der Waals surface area contributed by atoms with Gasteiger partial charge in [0.05, 0.1) is 25.8 Å². The van der Waals surface area contributed by atoms with Crippen LogP contribution in [-0.2, 0) is 11.3 Å². The molecule has 0 saturated carbocycles. The number of fused-ring (bicyclic) bond motifs is 1. The van der Waals surface area contributed by atoms with Crippen molar-refractivity contribution in [3.8, 4) is 0 Å². The summed E-state index contributed by atoms with van der Waals surface area (Å²) in [5, 5.41) is 16.0. The number of guanidine groups is 1. The normalized spacial score (nSPS) is 16.5. The maximum Gasteiger partial charge on any atom is 0.191 e. The Labute approximate surface area is 180 Å². The fourth-order valence-electron chi connectivity index (χ4n) is 3.66. The van der Waals surface area contributed by atoms with Crippen molar-refractivity contribution < 1.29 is 4.74 Å². The molecule has 0 spiro atoms.